The van der Waals surface area contributed by atoms with Crippen LogP contribution in [0.4, 0.5) is 34.9 Å². The molecule has 0 aliphatic heterocycles. The fourth-order valence-electron chi connectivity index (χ4n) is 4.24. The maximum Gasteiger partial charge on any atom is 0.515 e. The zero-order chi connectivity index (χ0) is 32.1. The van der Waals surface area contributed by atoms with Crippen molar-refractivity contribution in [1.29, 1.82) is 0 Å². The van der Waals surface area contributed by atoms with E-state index in [1.165, 1.54) is 0 Å². The highest BCUT2D eigenvalue weighted by atomic mass is 32.2. The second-order valence-corrected chi connectivity index (χ2v) is 12.0. The third-order valence-corrected chi connectivity index (χ3v) is 9.20. The van der Waals surface area contributed by atoms with E-state index in [2.05, 4.69) is 0 Å². The third-order valence-electron chi connectivity index (χ3n) is 6.47. The summed E-state index contributed by atoms with van der Waals surface area (Å²) in [4.78, 5) is 14.4. The van der Waals surface area contributed by atoms with E-state index < -0.39 is 51.5 Å². The SMILES string of the molecule is Fc1c(F)c(F)c([B-](F)(F)F)c(F)c1F.O=C(C[S+](=O)(c1ccccc1)c1ccccc1)c1ccc(-c2ccccc2)cc1. The van der Waals surface area contributed by atoms with Crippen molar-refractivity contribution in [2.24, 2.45) is 0 Å². The Kier molecular flexibility index (Phi) is 9.83. The molecule has 0 aliphatic rings. The Balaban J connectivity index is 0.000000249. The summed E-state index contributed by atoms with van der Waals surface area (Å²) in [6.45, 7) is -6.30. The fourth-order valence-corrected chi connectivity index (χ4v) is 6.57. The summed E-state index contributed by atoms with van der Waals surface area (Å²) in [5.74, 6) is -13.7. The molecular formula is C32H21BF8O2S. The predicted octanol–water partition coefficient (Wildman–Crippen LogP) is 8.59. The number of rotatable bonds is 7. The fraction of sp³-hybridized carbons (Fsp3) is 0.0312. The van der Waals surface area contributed by atoms with Gasteiger partial charge in [0.15, 0.2) is 42.9 Å². The number of halogens is 8. The van der Waals surface area contributed by atoms with E-state index >= 15 is 0 Å². The zero-order valence-electron chi connectivity index (χ0n) is 22.5. The number of Topliss-reactive ketones (excluding diaryl/α,β-unsaturated/α-hetero) is 1. The number of carbonyl (C=O) groups is 1. The van der Waals surface area contributed by atoms with Gasteiger partial charge >= 0.3 is 6.98 Å². The first kappa shape index (κ1) is 32.3. The van der Waals surface area contributed by atoms with E-state index in [-0.39, 0.29) is 11.5 Å². The minimum atomic E-state index is -6.30. The van der Waals surface area contributed by atoms with Gasteiger partial charge in [-0.15, -0.1) is 0 Å². The minimum absolute atomic E-state index is 0.0499. The van der Waals surface area contributed by atoms with Gasteiger partial charge < -0.3 is 12.9 Å². The average molecular weight is 632 g/mol. The van der Waals surface area contributed by atoms with Gasteiger partial charge in [0.1, 0.15) is 11.6 Å². The largest absolute Gasteiger partial charge is 0.515 e. The molecule has 0 N–H and O–H groups in total. The topological polar surface area (TPSA) is 34.1 Å². The molecule has 5 rings (SSSR count). The summed E-state index contributed by atoms with van der Waals surface area (Å²) >= 11 is 0. The Morgan fingerprint density at radius 1 is 0.523 bits per heavy atom. The summed E-state index contributed by atoms with van der Waals surface area (Å²) in [5, 5.41) is 0. The zero-order valence-corrected chi connectivity index (χ0v) is 23.3. The van der Waals surface area contributed by atoms with E-state index in [9.17, 15) is 43.9 Å². The summed E-state index contributed by atoms with van der Waals surface area (Å²) < 4.78 is 112. The van der Waals surface area contributed by atoms with Crippen molar-refractivity contribution in [1.82, 2.24) is 0 Å². The molecule has 0 fully saturated rings. The normalized spacial score (nSPS) is 11.5. The number of carbonyl (C=O) groups excluding carboxylic acids is 1. The van der Waals surface area contributed by atoms with E-state index in [0.29, 0.717) is 15.4 Å². The molecule has 0 bridgehead atoms. The monoisotopic (exact) mass is 632 g/mol. The molecule has 2 nitrogen and oxygen atoms in total. The van der Waals surface area contributed by atoms with Crippen molar-refractivity contribution in [3.05, 3.63) is 150 Å². The number of ketones is 1. The van der Waals surface area contributed by atoms with Crippen molar-refractivity contribution in [2.75, 3.05) is 5.75 Å². The molecule has 0 saturated heterocycles. The number of benzene rings is 5. The van der Waals surface area contributed by atoms with E-state index in [1.807, 2.05) is 115 Å². The second-order valence-electron chi connectivity index (χ2n) is 9.37. The summed E-state index contributed by atoms with van der Waals surface area (Å²) in [6.07, 6.45) is 0. The molecule has 0 unspecified atom stereocenters. The maximum atomic E-state index is 14.0. The van der Waals surface area contributed by atoms with Crippen LogP contribution >= 0.6 is 0 Å². The minimum Gasteiger partial charge on any atom is -0.445 e. The molecule has 5 aromatic rings. The van der Waals surface area contributed by atoms with Gasteiger partial charge in [-0.3, -0.25) is 4.79 Å². The first-order valence-electron chi connectivity index (χ1n) is 12.9. The maximum absolute atomic E-state index is 14.0. The molecule has 0 amide bonds. The lowest BCUT2D eigenvalue weighted by atomic mass is 9.79. The van der Waals surface area contributed by atoms with Crippen molar-refractivity contribution in [2.45, 2.75) is 9.79 Å². The molecule has 226 valence electrons. The second kappa shape index (κ2) is 13.4. The van der Waals surface area contributed by atoms with Crippen LogP contribution in [0, 0.1) is 29.1 Å². The molecule has 5 aromatic carbocycles. The van der Waals surface area contributed by atoms with Crippen LogP contribution in [0.2, 0.25) is 0 Å². The van der Waals surface area contributed by atoms with Crippen LogP contribution in [0.1, 0.15) is 10.4 Å². The lowest BCUT2D eigenvalue weighted by Crippen LogP contribution is -2.41. The molecular weight excluding hydrogens is 611 g/mol. The van der Waals surface area contributed by atoms with Gasteiger partial charge in [-0.25, -0.2) is 22.0 Å². The molecule has 0 aliphatic carbocycles. The standard InChI is InChI=1S/C26H21O2S.C6BF8/c27-26(23-18-16-22(17-19-23)21-10-4-1-5-11-21)20-29(28,24-12-6-2-7-13-24)25-14-8-3-9-15-25;8-2-1(7(13,14)15)3(9)5(11)6(12)4(2)10/h1-19H,20H2;/q+1;-1. The van der Waals surface area contributed by atoms with Crippen molar-refractivity contribution >= 4 is 28.2 Å². The van der Waals surface area contributed by atoms with Crippen LogP contribution in [0.3, 0.4) is 0 Å². The number of hydrogen-bond donors (Lipinski definition) is 0. The quantitative estimate of drug-likeness (QED) is 0.0450. The Hall–Kier alpha value is -4.58. The van der Waals surface area contributed by atoms with Gasteiger partial charge in [-0.2, -0.15) is 0 Å². The Bertz CT molecular complexity index is 1730. The van der Waals surface area contributed by atoms with Crippen LogP contribution < -0.4 is 5.46 Å². The smallest absolute Gasteiger partial charge is 0.445 e. The first-order valence-corrected chi connectivity index (χ1v) is 14.6. The summed E-state index contributed by atoms with van der Waals surface area (Å²) in [5.41, 5.74) is -0.00598. The van der Waals surface area contributed by atoms with E-state index in [4.69, 9.17) is 0 Å². The lowest BCUT2D eigenvalue weighted by molar-refractivity contribution is 0.102. The molecule has 0 saturated carbocycles. The molecule has 44 heavy (non-hydrogen) atoms. The van der Waals surface area contributed by atoms with Gasteiger partial charge in [0, 0.05) is 5.56 Å². The average Bonchev–Trinajstić information content (AvgIpc) is 3.04. The van der Waals surface area contributed by atoms with Gasteiger partial charge in [-0.1, -0.05) is 95.2 Å². The summed E-state index contributed by atoms with van der Waals surface area (Å²) in [6, 6.07) is 36.1. The van der Waals surface area contributed by atoms with E-state index in [1.54, 1.807) is 0 Å². The molecule has 0 radical (unpaired) electrons. The molecule has 0 spiro atoms. The van der Waals surface area contributed by atoms with Crippen molar-refractivity contribution in [3.8, 4) is 11.1 Å². The van der Waals surface area contributed by atoms with Crippen LogP contribution in [0.5, 0.6) is 0 Å². The first-order chi connectivity index (χ1) is 20.8. The molecule has 0 atom stereocenters. The third kappa shape index (κ3) is 6.97. The van der Waals surface area contributed by atoms with Crippen LogP contribution in [0.25, 0.3) is 11.1 Å². The van der Waals surface area contributed by atoms with Crippen molar-refractivity contribution < 1.29 is 43.9 Å². The van der Waals surface area contributed by atoms with Crippen LogP contribution in [-0.2, 0) is 14.1 Å². The molecule has 12 heteroatoms. The predicted molar refractivity (Wildman–Crippen MR) is 153 cm³/mol. The highest BCUT2D eigenvalue weighted by Gasteiger charge is 2.38. The Morgan fingerprint density at radius 2 is 0.886 bits per heavy atom. The van der Waals surface area contributed by atoms with Crippen LogP contribution in [-0.4, -0.2) is 18.5 Å². The van der Waals surface area contributed by atoms with Gasteiger partial charge in [0.2, 0.25) is 5.78 Å². The highest BCUT2D eigenvalue weighted by Crippen LogP contribution is 2.30. The Morgan fingerprint density at radius 3 is 1.30 bits per heavy atom. The van der Waals surface area contributed by atoms with Crippen molar-refractivity contribution in [3.63, 3.8) is 0 Å². The van der Waals surface area contributed by atoms with Gasteiger partial charge in [0.25, 0.3) is 0 Å². The number of hydrogen-bond acceptors (Lipinski definition) is 2. The molecule has 0 aromatic heterocycles. The van der Waals surface area contributed by atoms with Gasteiger partial charge in [0.05, 0.1) is 0 Å². The summed E-state index contributed by atoms with van der Waals surface area (Å²) in [7, 11) is -2.71. The lowest BCUT2D eigenvalue weighted by Gasteiger charge is -2.17. The van der Waals surface area contributed by atoms with E-state index in [0.717, 1.165) is 11.1 Å². The molecule has 0 heterocycles. The highest BCUT2D eigenvalue weighted by molar-refractivity contribution is 8.03. The van der Waals surface area contributed by atoms with Gasteiger partial charge in [-0.05, 0) is 40.9 Å². The van der Waals surface area contributed by atoms with Crippen LogP contribution in [0.15, 0.2) is 125 Å². The Labute approximate surface area is 248 Å².